The second kappa shape index (κ2) is 4.70. The molecule has 0 saturated carbocycles. The highest BCUT2D eigenvalue weighted by Crippen LogP contribution is 2.01. The molecule has 0 atom stereocenters. The summed E-state index contributed by atoms with van der Waals surface area (Å²) in [6.45, 7) is 5.70. The molecule has 0 amide bonds. The molecule has 0 aromatic carbocycles. The Hall–Kier alpha value is -0.120. The van der Waals surface area contributed by atoms with Crippen LogP contribution in [0.3, 0.4) is 0 Å². The quantitative estimate of drug-likeness (QED) is 0.652. The molecule has 1 N–H and O–H groups in total. The highest BCUT2D eigenvalue weighted by molar-refractivity contribution is 4.58. The van der Waals surface area contributed by atoms with Gasteiger partial charge in [0.2, 0.25) is 0 Å². The molecule has 1 aliphatic heterocycles. The van der Waals surface area contributed by atoms with E-state index in [-0.39, 0.29) is 0 Å². The maximum atomic E-state index is 3.32. The first-order valence-corrected chi connectivity index (χ1v) is 4.56. The van der Waals surface area contributed by atoms with E-state index in [0.717, 1.165) is 6.54 Å². The lowest BCUT2D eigenvalue weighted by atomic mass is 10.3. The van der Waals surface area contributed by atoms with Crippen LogP contribution in [0.25, 0.3) is 0 Å². The van der Waals surface area contributed by atoms with Crippen LogP contribution in [0.5, 0.6) is 0 Å². The van der Waals surface area contributed by atoms with Crippen molar-refractivity contribution < 1.29 is 0 Å². The molecule has 1 saturated heterocycles. The number of nitrogens with one attached hydrogen (secondary N) is 1. The number of hydrogen-bond acceptors (Lipinski definition) is 3. The fourth-order valence-corrected chi connectivity index (χ4v) is 1.32. The fourth-order valence-electron chi connectivity index (χ4n) is 1.32. The molecule has 0 spiro atoms. The van der Waals surface area contributed by atoms with Gasteiger partial charge in [-0.2, -0.15) is 5.12 Å². The number of rotatable bonds is 4. The van der Waals surface area contributed by atoms with Crippen molar-refractivity contribution in [2.24, 2.45) is 0 Å². The zero-order chi connectivity index (χ0) is 8.10. The van der Waals surface area contributed by atoms with Crippen molar-refractivity contribution in [3.63, 3.8) is 0 Å². The molecule has 0 aromatic rings. The van der Waals surface area contributed by atoms with Crippen LogP contribution >= 0.6 is 0 Å². The van der Waals surface area contributed by atoms with E-state index in [1.165, 1.54) is 32.4 Å². The van der Waals surface area contributed by atoms with E-state index in [0.29, 0.717) is 0 Å². The van der Waals surface area contributed by atoms with Crippen LogP contribution in [-0.2, 0) is 0 Å². The molecule has 3 heteroatoms. The monoisotopic (exact) mass is 157 g/mol. The van der Waals surface area contributed by atoms with Crippen molar-refractivity contribution in [1.29, 1.82) is 0 Å². The van der Waals surface area contributed by atoms with Gasteiger partial charge in [-0.1, -0.05) is 13.3 Å². The molecular weight excluding hydrogens is 138 g/mol. The Bertz CT molecular complexity index is 99.5. The molecule has 0 aliphatic carbocycles. The second-order valence-corrected chi connectivity index (χ2v) is 3.12. The molecule has 66 valence electrons. The lowest BCUT2D eigenvalue weighted by Gasteiger charge is -2.27. The molecule has 1 rings (SSSR count). The van der Waals surface area contributed by atoms with E-state index in [2.05, 4.69) is 29.5 Å². The second-order valence-electron chi connectivity index (χ2n) is 3.12. The van der Waals surface area contributed by atoms with E-state index >= 15 is 0 Å². The van der Waals surface area contributed by atoms with E-state index in [1.807, 2.05) is 0 Å². The van der Waals surface area contributed by atoms with Crippen LogP contribution < -0.4 is 5.43 Å². The van der Waals surface area contributed by atoms with E-state index < -0.39 is 0 Å². The summed E-state index contributed by atoms with van der Waals surface area (Å²) in [5, 5.41) is 4.49. The predicted octanol–water partition coefficient (Wildman–Crippen LogP) is 0.844. The van der Waals surface area contributed by atoms with Crippen LogP contribution in [0.2, 0.25) is 0 Å². The lowest BCUT2D eigenvalue weighted by molar-refractivity contribution is -0.0210. The van der Waals surface area contributed by atoms with Gasteiger partial charge in [0.15, 0.2) is 0 Å². The highest BCUT2D eigenvalue weighted by Gasteiger charge is 2.14. The zero-order valence-corrected chi connectivity index (χ0v) is 7.64. The van der Waals surface area contributed by atoms with Gasteiger partial charge < -0.3 is 0 Å². The van der Waals surface area contributed by atoms with Crippen molar-refractivity contribution in [2.45, 2.75) is 26.2 Å². The first kappa shape index (κ1) is 8.97. The summed E-state index contributed by atoms with van der Waals surface area (Å²) >= 11 is 0. The van der Waals surface area contributed by atoms with Gasteiger partial charge in [0.25, 0.3) is 0 Å². The van der Waals surface area contributed by atoms with Gasteiger partial charge in [-0.15, -0.1) is 0 Å². The number of hydrogen-bond donors (Lipinski definition) is 1. The summed E-state index contributed by atoms with van der Waals surface area (Å²) in [5.41, 5.74) is 3.32. The highest BCUT2D eigenvalue weighted by atomic mass is 15.8. The molecule has 1 aliphatic rings. The minimum atomic E-state index is 1.14. The van der Waals surface area contributed by atoms with Gasteiger partial charge in [-0.25, -0.2) is 10.4 Å². The summed E-state index contributed by atoms with van der Waals surface area (Å²) in [6.07, 6.45) is 3.84. The third kappa shape index (κ3) is 2.77. The number of hydrazine groups is 2. The molecule has 1 heterocycles. The summed E-state index contributed by atoms with van der Waals surface area (Å²) in [5.74, 6) is 0. The SMILES string of the molecule is CCCCN(C)N1CCCN1. The molecule has 0 unspecified atom stereocenters. The van der Waals surface area contributed by atoms with Gasteiger partial charge in [0.05, 0.1) is 0 Å². The minimum absolute atomic E-state index is 1.14. The van der Waals surface area contributed by atoms with Crippen LogP contribution in [0.4, 0.5) is 0 Å². The lowest BCUT2D eigenvalue weighted by Crippen LogP contribution is -2.44. The van der Waals surface area contributed by atoms with E-state index in [9.17, 15) is 0 Å². The fraction of sp³-hybridized carbons (Fsp3) is 1.00. The minimum Gasteiger partial charge on any atom is -0.241 e. The topological polar surface area (TPSA) is 18.5 Å². The normalized spacial score (nSPS) is 19.9. The Morgan fingerprint density at radius 1 is 1.55 bits per heavy atom. The molecule has 0 aromatic heterocycles. The largest absolute Gasteiger partial charge is 0.241 e. The first-order chi connectivity index (χ1) is 5.34. The van der Waals surface area contributed by atoms with Gasteiger partial charge in [-0.3, -0.25) is 0 Å². The van der Waals surface area contributed by atoms with Crippen LogP contribution in [-0.4, -0.2) is 36.8 Å². The van der Waals surface area contributed by atoms with Crippen molar-refractivity contribution >= 4 is 0 Å². The van der Waals surface area contributed by atoms with Crippen molar-refractivity contribution in [3.05, 3.63) is 0 Å². The molecular formula is C8H19N3. The van der Waals surface area contributed by atoms with Gasteiger partial charge in [-0.05, 0) is 12.8 Å². The predicted molar refractivity (Wildman–Crippen MR) is 46.9 cm³/mol. The average molecular weight is 157 g/mol. The Balaban J connectivity index is 2.12. The molecule has 1 fully saturated rings. The van der Waals surface area contributed by atoms with Gasteiger partial charge >= 0.3 is 0 Å². The van der Waals surface area contributed by atoms with Gasteiger partial charge in [0.1, 0.15) is 0 Å². The van der Waals surface area contributed by atoms with Crippen LogP contribution in [0.15, 0.2) is 0 Å². The van der Waals surface area contributed by atoms with Crippen molar-refractivity contribution in [3.8, 4) is 0 Å². The van der Waals surface area contributed by atoms with Gasteiger partial charge in [0, 0.05) is 26.7 Å². The van der Waals surface area contributed by atoms with Crippen LogP contribution in [0.1, 0.15) is 26.2 Å². The maximum absolute atomic E-state index is 3.32. The average Bonchev–Trinajstić information content (AvgIpc) is 2.52. The Morgan fingerprint density at radius 3 is 2.91 bits per heavy atom. The zero-order valence-electron chi connectivity index (χ0n) is 7.64. The van der Waals surface area contributed by atoms with Crippen molar-refractivity contribution in [2.75, 3.05) is 26.7 Å². The van der Waals surface area contributed by atoms with E-state index in [1.54, 1.807) is 0 Å². The smallest absolute Gasteiger partial charge is 0.0303 e. The number of nitrogens with zero attached hydrogens (tertiary/aromatic N) is 2. The third-order valence-electron chi connectivity index (χ3n) is 2.09. The standard InChI is InChI=1S/C8H19N3/c1-3-4-7-10(2)11-8-5-6-9-11/h9H,3-8H2,1-2H3. The summed E-state index contributed by atoms with van der Waals surface area (Å²) < 4.78 is 0. The molecule has 11 heavy (non-hydrogen) atoms. The summed E-state index contributed by atoms with van der Waals surface area (Å²) in [4.78, 5) is 0. The Kier molecular flexibility index (Phi) is 3.83. The third-order valence-corrected chi connectivity index (χ3v) is 2.09. The molecule has 0 radical (unpaired) electrons. The Morgan fingerprint density at radius 2 is 2.36 bits per heavy atom. The Labute approximate surface area is 69.3 Å². The van der Waals surface area contributed by atoms with Crippen molar-refractivity contribution in [1.82, 2.24) is 15.6 Å². The first-order valence-electron chi connectivity index (χ1n) is 4.56. The molecule has 3 nitrogen and oxygen atoms in total. The molecule has 0 bridgehead atoms. The van der Waals surface area contributed by atoms with E-state index in [4.69, 9.17) is 0 Å². The maximum Gasteiger partial charge on any atom is 0.0303 e. The van der Waals surface area contributed by atoms with Crippen LogP contribution in [0, 0.1) is 0 Å². The summed E-state index contributed by atoms with van der Waals surface area (Å²) in [6, 6.07) is 0. The number of unbranched alkanes of at least 4 members (excludes halogenated alkanes) is 1. The summed E-state index contributed by atoms with van der Waals surface area (Å²) in [7, 11) is 2.15.